The van der Waals surface area contributed by atoms with Crippen LogP contribution in [0, 0.1) is 22.7 Å². The van der Waals surface area contributed by atoms with Crippen molar-refractivity contribution >= 4 is 12.1 Å². The Morgan fingerprint density at radius 1 is 1.44 bits per heavy atom. The second-order valence-electron chi connectivity index (χ2n) is 5.72. The van der Waals surface area contributed by atoms with E-state index in [1.165, 1.54) is 6.42 Å². The molecule has 1 aliphatic heterocycles. The van der Waals surface area contributed by atoms with Gasteiger partial charge in [0.25, 0.3) is 0 Å². The molecule has 3 nitrogen and oxygen atoms in total. The monoisotopic (exact) mass is 247 g/mol. The van der Waals surface area contributed by atoms with Crippen molar-refractivity contribution in [1.29, 1.82) is 5.41 Å². The Kier molecular flexibility index (Phi) is 4.88. The molecule has 0 aromatic carbocycles. The molecule has 0 aliphatic carbocycles. The Balaban J connectivity index is 2.76. The molecular weight excluding hydrogens is 222 g/mol. The van der Waals surface area contributed by atoms with Gasteiger partial charge in [-0.05, 0) is 17.9 Å². The van der Waals surface area contributed by atoms with Crippen molar-refractivity contribution in [3.8, 4) is 0 Å². The van der Waals surface area contributed by atoms with Crippen molar-refractivity contribution in [3.63, 3.8) is 0 Å². The zero-order chi connectivity index (χ0) is 13.8. The smallest absolute Gasteiger partial charge is 0.145 e. The Labute approximate surface area is 111 Å². The zero-order valence-electron chi connectivity index (χ0n) is 12.1. The molecule has 0 bridgehead atoms. The van der Waals surface area contributed by atoms with Crippen LogP contribution in [0.1, 0.15) is 41.0 Å². The van der Waals surface area contributed by atoms with Crippen molar-refractivity contribution in [3.05, 3.63) is 24.4 Å². The summed E-state index contributed by atoms with van der Waals surface area (Å²) >= 11 is 0. The highest BCUT2D eigenvalue weighted by Crippen LogP contribution is 2.19. The first-order valence-corrected chi connectivity index (χ1v) is 6.66. The third-order valence-corrected chi connectivity index (χ3v) is 3.50. The van der Waals surface area contributed by atoms with Gasteiger partial charge >= 0.3 is 0 Å². The molecule has 0 fully saturated rings. The fourth-order valence-corrected chi connectivity index (χ4v) is 1.58. The molecule has 0 saturated heterocycles. The summed E-state index contributed by atoms with van der Waals surface area (Å²) in [5.41, 5.74) is -0.0861. The molecule has 3 heteroatoms. The minimum atomic E-state index is -0.0861. The Morgan fingerprint density at radius 2 is 2.11 bits per heavy atom. The van der Waals surface area contributed by atoms with E-state index < -0.39 is 0 Å². The van der Waals surface area contributed by atoms with Crippen LogP contribution in [0.15, 0.2) is 29.5 Å². The first-order valence-electron chi connectivity index (χ1n) is 6.66. The maximum Gasteiger partial charge on any atom is 0.145 e. The van der Waals surface area contributed by atoms with E-state index in [9.17, 15) is 0 Å². The lowest BCUT2D eigenvalue weighted by Crippen LogP contribution is -2.17. The van der Waals surface area contributed by atoms with Crippen molar-refractivity contribution in [2.45, 2.75) is 41.0 Å². The van der Waals surface area contributed by atoms with Crippen LogP contribution in [0.3, 0.4) is 0 Å². The third-order valence-electron chi connectivity index (χ3n) is 3.50. The van der Waals surface area contributed by atoms with E-state index in [0.29, 0.717) is 17.7 Å². The molecule has 2 atom stereocenters. The fraction of sp³-hybridized carbons (Fsp3) is 0.600. The molecule has 2 unspecified atom stereocenters. The lowest BCUT2D eigenvalue weighted by atomic mass is 9.94. The highest BCUT2D eigenvalue weighted by atomic mass is 15.5. The third kappa shape index (κ3) is 4.13. The minimum Gasteiger partial charge on any atom is -0.283 e. The predicted octanol–water partition coefficient (Wildman–Crippen LogP) is 4.04. The van der Waals surface area contributed by atoms with E-state index in [1.807, 2.05) is 24.6 Å². The van der Waals surface area contributed by atoms with Gasteiger partial charge < -0.3 is 0 Å². The molecule has 0 aromatic heterocycles. The lowest BCUT2D eigenvalue weighted by molar-refractivity contribution is 0.440. The molecule has 1 rings (SSSR count). The Bertz CT molecular complexity index is 377. The van der Waals surface area contributed by atoms with Gasteiger partial charge in [0.05, 0.1) is 0 Å². The molecule has 1 aliphatic rings. The number of nitrogens with zero attached hydrogens (tertiary/aromatic N) is 2. The van der Waals surface area contributed by atoms with E-state index in [0.717, 1.165) is 0 Å². The van der Waals surface area contributed by atoms with Crippen molar-refractivity contribution in [2.75, 3.05) is 0 Å². The predicted molar refractivity (Wildman–Crippen MR) is 78.7 cm³/mol. The first-order chi connectivity index (χ1) is 8.35. The summed E-state index contributed by atoms with van der Waals surface area (Å²) < 4.78 is 0. The number of rotatable bonds is 4. The van der Waals surface area contributed by atoms with Gasteiger partial charge in [-0.3, -0.25) is 5.41 Å². The summed E-state index contributed by atoms with van der Waals surface area (Å²) in [6.07, 6.45) is 10.9. The van der Waals surface area contributed by atoms with Crippen molar-refractivity contribution in [2.24, 2.45) is 22.4 Å². The maximum atomic E-state index is 7.93. The van der Waals surface area contributed by atoms with Crippen LogP contribution in [0.2, 0.25) is 0 Å². The number of hydrazone groups is 1. The van der Waals surface area contributed by atoms with Gasteiger partial charge in [-0.2, -0.15) is 5.10 Å². The van der Waals surface area contributed by atoms with Gasteiger partial charge in [0.2, 0.25) is 0 Å². The van der Waals surface area contributed by atoms with Gasteiger partial charge in [0.15, 0.2) is 0 Å². The fourth-order valence-electron chi connectivity index (χ4n) is 1.58. The second-order valence-corrected chi connectivity index (χ2v) is 5.72. The molecule has 0 amide bonds. The number of amidine groups is 1. The van der Waals surface area contributed by atoms with E-state index >= 15 is 0 Å². The van der Waals surface area contributed by atoms with E-state index in [2.05, 4.69) is 45.8 Å². The van der Waals surface area contributed by atoms with Crippen LogP contribution in [0.4, 0.5) is 0 Å². The molecule has 0 saturated carbocycles. The van der Waals surface area contributed by atoms with Crippen LogP contribution < -0.4 is 0 Å². The average Bonchev–Trinajstić information content (AvgIpc) is 2.46. The topological polar surface area (TPSA) is 39.5 Å². The zero-order valence-corrected chi connectivity index (χ0v) is 12.1. The second kappa shape index (κ2) is 5.98. The van der Waals surface area contributed by atoms with Crippen LogP contribution in [-0.4, -0.2) is 17.1 Å². The van der Waals surface area contributed by atoms with Gasteiger partial charge in [0.1, 0.15) is 5.84 Å². The van der Waals surface area contributed by atoms with Crippen LogP contribution in [0.25, 0.3) is 0 Å². The van der Waals surface area contributed by atoms with Crippen molar-refractivity contribution < 1.29 is 0 Å². The number of nitrogens with one attached hydrogen (secondary N) is 1. The maximum absolute atomic E-state index is 7.93. The first kappa shape index (κ1) is 14.7. The largest absolute Gasteiger partial charge is 0.283 e. The van der Waals surface area contributed by atoms with Crippen LogP contribution in [0.5, 0.6) is 0 Å². The SMILES string of the molecule is CCC(C)C(C)/C=C\N1N=CC(C)(C)C=CC1=N. The summed E-state index contributed by atoms with van der Waals surface area (Å²) in [5.74, 6) is 1.56. The lowest BCUT2D eigenvalue weighted by Gasteiger charge is -2.16. The summed E-state index contributed by atoms with van der Waals surface area (Å²) in [4.78, 5) is 0. The van der Waals surface area contributed by atoms with Crippen LogP contribution in [-0.2, 0) is 0 Å². The van der Waals surface area contributed by atoms with Gasteiger partial charge in [-0.1, -0.05) is 53.2 Å². The molecular formula is C15H25N3. The normalized spacial score (nSPS) is 22.3. The summed E-state index contributed by atoms with van der Waals surface area (Å²) in [5, 5.41) is 13.9. The van der Waals surface area contributed by atoms with Crippen LogP contribution >= 0.6 is 0 Å². The molecule has 1 heterocycles. The van der Waals surface area contributed by atoms with Crippen molar-refractivity contribution in [1.82, 2.24) is 5.01 Å². The molecule has 0 aromatic rings. The highest BCUT2D eigenvalue weighted by molar-refractivity contribution is 5.93. The molecule has 18 heavy (non-hydrogen) atoms. The average molecular weight is 247 g/mol. The molecule has 0 radical (unpaired) electrons. The van der Waals surface area contributed by atoms with E-state index in [1.54, 1.807) is 5.01 Å². The van der Waals surface area contributed by atoms with E-state index in [-0.39, 0.29) is 5.41 Å². The molecule has 100 valence electrons. The summed E-state index contributed by atoms with van der Waals surface area (Å²) in [6.45, 7) is 10.8. The minimum absolute atomic E-state index is 0.0861. The number of allylic oxidation sites excluding steroid dienone is 2. The van der Waals surface area contributed by atoms with Gasteiger partial charge in [-0.15, -0.1) is 0 Å². The Morgan fingerprint density at radius 3 is 2.72 bits per heavy atom. The van der Waals surface area contributed by atoms with E-state index in [4.69, 9.17) is 5.41 Å². The standard InChI is InChI=1S/C15H25N3/c1-6-12(2)13(3)8-10-18-14(16)7-9-15(4,5)11-17-18/h7-13,16H,6H2,1-5H3/b10-8-,16-14?. The quantitative estimate of drug-likeness (QED) is 0.800. The molecule has 1 N–H and O–H groups in total. The number of hydrogen-bond acceptors (Lipinski definition) is 2. The summed E-state index contributed by atoms with van der Waals surface area (Å²) in [6, 6.07) is 0. The summed E-state index contributed by atoms with van der Waals surface area (Å²) in [7, 11) is 0. The number of hydrogen-bond donors (Lipinski definition) is 1. The highest BCUT2D eigenvalue weighted by Gasteiger charge is 2.16. The molecule has 0 spiro atoms. The van der Waals surface area contributed by atoms with Gasteiger partial charge in [-0.25, -0.2) is 5.01 Å². The Hall–Kier alpha value is -1.38. The van der Waals surface area contributed by atoms with Gasteiger partial charge in [0, 0.05) is 17.8 Å².